The maximum Gasteiger partial charge on any atom is 0.247 e. The van der Waals surface area contributed by atoms with E-state index in [2.05, 4.69) is 11.9 Å². The summed E-state index contributed by atoms with van der Waals surface area (Å²) < 4.78 is 0. The minimum atomic E-state index is -0.222. The maximum atomic E-state index is 10.4. The van der Waals surface area contributed by atoms with Crippen molar-refractivity contribution in [3.8, 4) is 0 Å². The molecule has 0 aromatic rings. The van der Waals surface area contributed by atoms with Gasteiger partial charge in [0.2, 0.25) is 5.91 Å². The van der Waals surface area contributed by atoms with Crippen LogP contribution in [0.1, 0.15) is 0 Å². The van der Waals surface area contributed by atoms with Crippen LogP contribution in [0, 0.1) is 0 Å². The Labute approximate surface area is 54.2 Å². The van der Waals surface area contributed by atoms with Crippen molar-refractivity contribution in [1.29, 1.82) is 0 Å². The van der Waals surface area contributed by atoms with Gasteiger partial charge in [-0.1, -0.05) is 12.7 Å². The van der Waals surface area contributed by atoms with Gasteiger partial charge in [0.05, 0.1) is 0 Å². The van der Waals surface area contributed by atoms with E-state index in [-0.39, 0.29) is 5.91 Å². The molecule has 3 nitrogen and oxygen atoms in total. The van der Waals surface area contributed by atoms with E-state index >= 15 is 0 Å². The van der Waals surface area contributed by atoms with E-state index in [1.54, 1.807) is 6.08 Å². The summed E-state index contributed by atoms with van der Waals surface area (Å²) in [6.45, 7) is 3.69. The fourth-order valence-electron chi connectivity index (χ4n) is 0.268. The van der Waals surface area contributed by atoms with E-state index in [4.69, 9.17) is 5.73 Å². The number of amides is 1. The Morgan fingerprint density at radius 2 is 2.44 bits per heavy atom. The molecule has 0 bridgehead atoms. The third-order valence-corrected chi connectivity index (χ3v) is 0.665. The lowest BCUT2D eigenvalue weighted by molar-refractivity contribution is -0.115. The molecule has 0 aliphatic rings. The van der Waals surface area contributed by atoms with Crippen LogP contribution in [-0.4, -0.2) is 12.5 Å². The van der Waals surface area contributed by atoms with E-state index in [1.807, 2.05) is 0 Å². The van der Waals surface area contributed by atoms with Crippen LogP contribution in [0.4, 0.5) is 0 Å². The first kappa shape index (κ1) is 7.91. The van der Waals surface area contributed by atoms with Gasteiger partial charge in [0.1, 0.15) is 0 Å². The van der Waals surface area contributed by atoms with Gasteiger partial charge in [-0.3, -0.25) is 4.79 Å². The van der Waals surface area contributed by atoms with E-state index in [0.29, 0.717) is 6.54 Å². The van der Waals surface area contributed by atoms with Crippen molar-refractivity contribution in [2.45, 2.75) is 0 Å². The second-order valence-electron chi connectivity index (χ2n) is 1.35. The van der Waals surface area contributed by atoms with Crippen molar-refractivity contribution in [1.82, 2.24) is 5.32 Å². The zero-order valence-corrected chi connectivity index (χ0v) is 5.13. The molecule has 0 heterocycles. The summed E-state index contributed by atoms with van der Waals surface area (Å²) in [5.74, 6) is -0.222. The molecular weight excluding hydrogens is 116 g/mol. The highest BCUT2D eigenvalue weighted by molar-refractivity contribution is 5.87. The number of carbonyl (C=O) groups excluding carboxylic acids is 1. The summed E-state index contributed by atoms with van der Waals surface area (Å²) in [5, 5.41) is 2.42. The monoisotopic (exact) mass is 126 g/mol. The zero-order valence-electron chi connectivity index (χ0n) is 5.13. The summed E-state index contributed by atoms with van der Waals surface area (Å²) in [6, 6.07) is 0. The molecule has 0 spiro atoms. The number of rotatable bonds is 3. The Hall–Kier alpha value is -1.09. The highest BCUT2D eigenvalue weighted by Crippen LogP contribution is 1.66. The molecule has 3 N–H and O–H groups in total. The molecule has 0 saturated carbocycles. The molecule has 0 aliphatic carbocycles. The lowest BCUT2D eigenvalue weighted by atomic mass is 10.5. The van der Waals surface area contributed by atoms with E-state index in [1.165, 1.54) is 12.3 Å². The Morgan fingerprint density at radius 1 is 1.78 bits per heavy atom. The summed E-state index contributed by atoms with van der Waals surface area (Å²) >= 11 is 0. The predicted octanol–water partition coefficient (Wildman–Crippen LogP) is -0.239. The van der Waals surface area contributed by atoms with Crippen molar-refractivity contribution >= 4 is 5.91 Å². The average Bonchev–Trinajstić information content (AvgIpc) is 1.89. The number of carbonyl (C=O) groups is 1. The standard InChI is InChI=1S/C6H10N2O/c1-2-6(9)8-5-3-4-7/h2-3,5H,1,4,7H2,(H,8,9). The topological polar surface area (TPSA) is 55.1 Å². The molecule has 3 heteroatoms. The molecule has 0 unspecified atom stereocenters. The minimum absolute atomic E-state index is 0.222. The molecular formula is C6H10N2O. The first-order valence-electron chi connectivity index (χ1n) is 2.59. The molecule has 0 aromatic heterocycles. The number of nitrogens with two attached hydrogens (primary N) is 1. The maximum absolute atomic E-state index is 10.4. The van der Waals surface area contributed by atoms with Crippen LogP contribution in [-0.2, 0) is 4.79 Å². The zero-order chi connectivity index (χ0) is 7.11. The predicted molar refractivity (Wildman–Crippen MR) is 36.5 cm³/mol. The smallest absolute Gasteiger partial charge is 0.247 e. The molecule has 0 radical (unpaired) electrons. The van der Waals surface area contributed by atoms with Gasteiger partial charge < -0.3 is 11.1 Å². The van der Waals surface area contributed by atoms with Crippen LogP contribution < -0.4 is 11.1 Å². The lowest BCUT2D eigenvalue weighted by Crippen LogP contribution is -2.13. The first-order chi connectivity index (χ1) is 4.31. The largest absolute Gasteiger partial charge is 0.329 e. The highest BCUT2D eigenvalue weighted by Gasteiger charge is 1.83. The fraction of sp³-hybridized carbons (Fsp3) is 0.167. The summed E-state index contributed by atoms with van der Waals surface area (Å²) in [5.41, 5.74) is 5.09. The molecule has 0 rings (SSSR count). The van der Waals surface area contributed by atoms with Crippen molar-refractivity contribution < 1.29 is 4.79 Å². The summed E-state index contributed by atoms with van der Waals surface area (Å²) in [4.78, 5) is 10.4. The fourth-order valence-corrected chi connectivity index (χ4v) is 0.268. The number of hydrogen-bond acceptors (Lipinski definition) is 2. The number of nitrogens with one attached hydrogen (secondary N) is 1. The quantitative estimate of drug-likeness (QED) is 0.513. The van der Waals surface area contributed by atoms with Crippen LogP contribution in [0.2, 0.25) is 0 Å². The first-order valence-corrected chi connectivity index (χ1v) is 2.59. The van der Waals surface area contributed by atoms with Crippen molar-refractivity contribution in [3.63, 3.8) is 0 Å². The van der Waals surface area contributed by atoms with Crippen molar-refractivity contribution in [2.24, 2.45) is 5.73 Å². The van der Waals surface area contributed by atoms with Crippen LogP contribution in [0.25, 0.3) is 0 Å². The summed E-state index contributed by atoms with van der Waals surface area (Å²) in [7, 11) is 0. The van der Waals surface area contributed by atoms with E-state index in [0.717, 1.165) is 0 Å². The van der Waals surface area contributed by atoms with Gasteiger partial charge in [0.25, 0.3) is 0 Å². The average molecular weight is 126 g/mol. The van der Waals surface area contributed by atoms with E-state index in [9.17, 15) is 4.79 Å². The minimum Gasteiger partial charge on any atom is -0.329 e. The third kappa shape index (κ3) is 4.77. The normalized spacial score (nSPS) is 9.44. The Balaban J connectivity index is 3.37. The van der Waals surface area contributed by atoms with Crippen molar-refractivity contribution in [2.75, 3.05) is 6.54 Å². The molecule has 0 aromatic carbocycles. The second kappa shape index (κ2) is 5.05. The Kier molecular flexibility index (Phi) is 4.44. The molecule has 0 saturated heterocycles. The highest BCUT2D eigenvalue weighted by atomic mass is 16.1. The third-order valence-electron chi connectivity index (χ3n) is 0.665. The van der Waals surface area contributed by atoms with Crippen LogP contribution in [0.5, 0.6) is 0 Å². The SMILES string of the molecule is C=CC(=O)NC=CCN. The molecule has 0 fully saturated rings. The molecule has 0 atom stereocenters. The molecule has 1 amide bonds. The van der Waals surface area contributed by atoms with Gasteiger partial charge in [-0.25, -0.2) is 0 Å². The second-order valence-corrected chi connectivity index (χ2v) is 1.35. The van der Waals surface area contributed by atoms with Crippen LogP contribution >= 0.6 is 0 Å². The van der Waals surface area contributed by atoms with Gasteiger partial charge in [0, 0.05) is 12.7 Å². The Bertz CT molecular complexity index is 129. The van der Waals surface area contributed by atoms with Gasteiger partial charge in [-0.2, -0.15) is 0 Å². The van der Waals surface area contributed by atoms with Crippen molar-refractivity contribution in [3.05, 3.63) is 24.9 Å². The van der Waals surface area contributed by atoms with Gasteiger partial charge >= 0.3 is 0 Å². The molecule has 9 heavy (non-hydrogen) atoms. The van der Waals surface area contributed by atoms with Gasteiger partial charge in [0.15, 0.2) is 0 Å². The number of hydrogen-bond donors (Lipinski definition) is 2. The van der Waals surface area contributed by atoms with Gasteiger partial charge in [-0.05, 0) is 6.08 Å². The van der Waals surface area contributed by atoms with Crippen LogP contribution in [0.3, 0.4) is 0 Å². The molecule has 0 aliphatic heterocycles. The van der Waals surface area contributed by atoms with Crippen LogP contribution in [0.15, 0.2) is 24.9 Å². The van der Waals surface area contributed by atoms with Gasteiger partial charge in [-0.15, -0.1) is 0 Å². The lowest BCUT2D eigenvalue weighted by Gasteiger charge is -1.88. The Morgan fingerprint density at radius 3 is 2.89 bits per heavy atom. The molecule has 50 valence electrons. The summed E-state index contributed by atoms with van der Waals surface area (Å²) in [6.07, 6.45) is 4.33. The van der Waals surface area contributed by atoms with E-state index < -0.39 is 0 Å².